The Balaban J connectivity index is 4.47. The Morgan fingerprint density at radius 3 is 1.47 bits per heavy atom. The lowest BCUT2D eigenvalue weighted by molar-refractivity contribution is 0.121. The topological polar surface area (TPSA) is 18.5 Å². The Bertz CT molecular complexity index is 286. The number of rotatable bonds is 5. The molecule has 0 aliphatic rings. The fourth-order valence-electron chi connectivity index (χ4n) is 1.26. The maximum Gasteiger partial charge on any atom is 0.192 e. The highest BCUT2D eigenvalue weighted by atomic mass is 28.4. The molecule has 0 fully saturated rings. The first-order valence-electron chi connectivity index (χ1n) is 7.42. The van der Waals surface area contributed by atoms with Crippen molar-refractivity contribution in [3.63, 3.8) is 0 Å². The smallest absolute Gasteiger partial charge is 0.192 e. The van der Waals surface area contributed by atoms with Crippen LogP contribution >= 0.6 is 0 Å². The van der Waals surface area contributed by atoms with E-state index in [1.54, 1.807) is 0 Å². The van der Waals surface area contributed by atoms with E-state index in [4.69, 9.17) is 8.85 Å². The standard InChI is InChI=1S/C15H36O2Si2/c1-13(17-19(10,11)15(5,6)7)12-16-18(8,9)14(2,3)4/h13H,12H2,1-11H3/t13-/m0/s1. The molecule has 0 aliphatic heterocycles. The fourth-order valence-corrected chi connectivity index (χ4v) is 3.77. The van der Waals surface area contributed by atoms with Crippen molar-refractivity contribution >= 4 is 16.6 Å². The molecule has 19 heavy (non-hydrogen) atoms. The monoisotopic (exact) mass is 304 g/mol. The molecule has 0 spiro atoms. The second kappa shape index (κ2) is 6.00. The van der Waals surface area contributed by atoms with E-state index >= 15 is 0 Å². The SMILES string of the molecule is C[C@@H](CO[Si](C)(C)C(C)(C)C)O[Si](C)(C)C(C)(C)C. The minimum Gasteiger partial charge on any atom is -0.414 e. The summed E-state index contributed by atoms with van der Waals surface area (Å²) in [6.45, 7) is 25.7. The first kappa shape index (κ1) is 19.4. The van der Waals surface area contributed by atoms with Crippen LogP contribution in [0.25, 0.3) is 0 Å². The van der Waals surface area contributed by atoms with Gasteiger partial charge in [0.2, 0.25) is 0 Å². The van der Waals surface area contributed by atoms with E-state index in [9.17, 15) is 0 Å². The minimum atomic E-state index is -1.67. The van der Waals surface area contributed by atoms with E-state index in [2.05, 4.69) is 74.7 Å². The molecule has 0 aromatic carbocycles. The van der Waals surface area contributed by atoms with E-state index in [1.165, 1.54) is 0 Å². The lowest BCUT2D eigenvalue weighted by Crippen LogP contribution is -2.47. The molecule has 0 radical (unpaired) electrons. The zero-order chi connectivity index (χ0) is 15.7. The van der Waals surface area contributed by atoms with Gasteiger partial charge in [-0.25, -0.2) is 0 Å². The van der Waals surface area contributed by atoms with Gasteiger partial charge in [-0.15, -0.1) is 0 Å². The predicted molar refractivity (Wildman–Crippen MR) is 90.9 cm³/mol. The van der Waals surface area contributed by atoms with Crippen LogP contribution in [0.15, 0.2) is 0 Å². The molecule has 2 nitrogen and oxygen atoms in total. The third kappa shape index (κ3) is 5.70. The Kier molecular flexibility index (Phi) is 6.11. The maximum atomic E-state index is 6.35. The van der Waals surface area contributed by atoms with Crippen molar-refractivity contribution in [2.24, 2.45) is 0 Å². The van der Waals surface area contributed by atoms with Gasteiger partial charge in [0.05, 0.1) is 12.7 Å². The molecular weight excluding hydrogens is 268 g/mol. The van der Waals surface area contributed by atoms with Gasteiger partial charge in [0.15, 0.2) is 16.6 Å². The van der Waals surface area contributed by atoms with Crippen molar-refractivity contribution < 1.29 is 8.85 Å². The van der Waals surface area contributed by atoms with Crippen LogP contribution in [0.1, 0.15) is 48.5 Å². The third-order valence-electron chi connectivity index (χ3n) is 4.79. The summed E-state index contributed by atoms with van der Waals surface area (Å²) in [6.07, 6.45) is 0.190. The zero-order valence-electron chi connectivity index (χ0n) is 15.1. The molecule has 0 aromatic heterocycles. The predicted octanol–water partition coefficient (Wildman–Crippen LogP) is 5.42. The van der Waals surface area contributed by atoms with Crippen LogP contribution in [0.4, 0.5) is 0 Å². The minimum absolute atomic E-state index is 0.190. The molecule has 0 saturated heterocycles. The van der Waals surface area contributed by atoms with E-state index in [-0.39, 0.29) is 16.2 Å². The Hall–Kier alpha value is 0.354. The first-order valence-corrected chi connectivity index (χ1v) is 13.2. The van der Waals surface area contributed by atoms with Crippen molar-refractivity contribution in [1.82, 2.24) is 0 Å². The van der Waals surface area contributed by atoms with Gasteiger partial charge >= 0.3 is 0 Å². The van der Waals surface area contributed by atoms with Crippen LogP contribution in [0, 0.1) is 0 Å². The molecule has 0 bridgehead atoms. The van der Waals surface area contributed by atoms with Crippen molar-refractivity contribution in [1.29, 1.82) is 0 Å². The van der Waals surface area contributed by atoms with Gasteiger partial charge < -0.3 is 8.85 Å². The van der Waals surface area contributed by atoms with Crippen LogP contribution in [0.5, 0.6) is 0 Å². The lowest BCUT2D eigenvalue weighted by Gasteiger charge is -2.40. The normalized spacial score (nSPS) is 16.6. The quantitative estimate of drug-likeness (QED) is 0.631. The third-order valence-corrected chi connectivity index (χ3v) is 13.9. The highest BCUT2D eigenvalue weighted by Gasteiger charge is 2.40. The van der Waals surface area contributed by atoms with Gasteiger partial charge in [0.1, 0.15) is 0 Å². The van der Waals surface area contributed by atoms with Gasteiger partial charge in [-0.3, -0.25) is 0 Å². The maximum absolute atomic E-state index is 6.35. The van der Waals surface area contributed by atoms with Crippen LogP contribution in [-0.4, -0.2) is 29.3 Å². The van der Waals surface area contributed by atoms with Gasteiger partial charge in [-0.2, -0.15) is 0 Å². The molecule has 4 heteroatoms. The van der Waals surface area contributed by atoms with Crippen LogP contribution in [-0.2, 0) is 8.85 Å². The highest BCUT2D eigenvalue weighted by molar-refractivity contribution is 6.74. The number of hydrogen-bond acceptors (Lipinski definition) is 2. The van der Waals surface area contributed by atoms with E-state index in [1.807, 2.05) is 0 Å². The first-order chi connectivity index (χ1) is 8.10. The molecule has 0 unspecified atom stereocenters. The van der Waals surface area contributed by atoms with E-state index in [0.29, 0.717) is 0 Å². The Labute approximate surface area is 123 Å². The van der Waals surface area contributed by atoms with Crippen LogP contribution in [0.2, 0.25) is 36.3 Å². The van der Waals surface area contributed by atoms with Crippen molar-refractivity contribution in [3.8, 4) is 0 Å². The van der Waals surface area contributed by atoms with Crippen molar-refractivity contribution in [2.45, 2.75) is 90.8 Å². The van der Waals surface area contributed by atoms with Gasteiger partial charge in [-0.05, 0) is 43.2 Å². The molecule has 116 valence electrons. The van der Waals surface area contributed by atoms with Gasteiger partial charge in [0, 0.05) is 0 Å². The molecule has 0 amide bonds. The second-order valence-corrected chi connectivity index (χ2v) is 18.3. The van der Waals surface area contributed by atoms with Crippen LogP contribution in [0.3, 0.4) is 0 Å². The lowest BCUT2D eigenvalue weighted by atomic mass is 10.2. The Morgan fingerprint density at radius 1 is 0.789 bits per heavy atom. The largest absolute Gasteiger partial charge is 0.414 e. The fraction of sp³-hybridized carbons (Fsp3) is 1.00. The molecule has 0 rings (SSSR count). The summed E-state index contributed by atoms with van der Waals surface area (Å²) < 4.78 is 12.6. The summed E-state index contributed by atoms with van der Waals surface area (Å²) in [4.78, 5) is 0. The van der Waals surface area contributed by atoms with Gasteiger partial charge in [0.25, 0.3) is 0 Å². The molecule has 0 N–H and O–H groups in total. The summed E-state index contributed by atoms with van der Waals surface area (Å²) in [6, 6.07) is 0. The van der Waals surface area contributed by atoms with Crippen molar-refractivity contribution in [3.05, 3.63) is 0 Å². The van der Waals surface area contributed by atoms with E-state index < -0.39 is 16.6 Å². The highest BCUT2D eigenvalue weighted by Crippen LogP contribution is 2.38. The summed E-state index contributed by atoms with van der Waals surface area (Å²) >= 11 is 0. The molecule has 0 saturated carbocycles. The molecule has 0 aliphatic carbocycles. The average Bonchev–Trinajstić information content (AvgIpc) is 2.10. The van der Waals surface area contributed by atoms with E-state index in [0.717, 1.165) is 6.61 Å². The summed E-state index contributed by atoms with van der Waals surface area (Å²) in [5, 5.41) is 0.530. The zero-order valence-corrected chi connectivity index (χ0v) is 17.1. The molecular formula is C15H36O2Si2. The number of hydrogen-bond donors (Lipinski definition) is 0. The summed E-state index contributed by atoms with van der Waals surface area (Å²) in [5.74, 6) is 0. The van der Waals surface area contributed by atoms with Gasteiger partial charge in [-0.1, -0.05) is 41.5 Å². The van der Waals surface area contributed by atoms with Crippen molar-refractivity contribution in [2.75, 3.05) is 6.61 Å². The summed E-state index contributed by atoms with van der Waals surface area (Å²) in [7, 11) is -3.33. The molecule has 0 aromatic rings. The summed E-state index contributed by atoms with van der Waals surface area (Å²) in [5.41, 5.74) is 0. The molecule has 1 atom stereocenters. The van der Waals surface area contributed by atoms with Crippen LogP contribution < -0.4 is 0 Å². The average molecular weight is 305 g/mol. The molecule has 0 heterocycles. The Morgan fingerprint density at radius 2 is 1.16 bits per heavy atom. The second-order valence-electron chi connectivity index (χ2n) is 8.76.